The second-order valence-corrected chi connectivity index (χ2v) is 6.59. The maximum absolute atomic E-state index is 12.6. The lowest BCUT2D eigenvalue weighted by atomic mass is 10.2. The van der Waals surface area contributed by atoms with Gasteiger partial charge in [0.15, 0.2) is 0 Å². The van der Waals surface area contributed by atoms with Crippen LogP contribution >= 0.6 is 23.2 Å². The van der Waals surface area contributed by atoms with Gasteiger partial charge in [0, 0.05) is 35.8 Å². The van der Waals surface area contributed by atoms with Gasteiger partial charge in [0.05, 0.1) is 19.6 Å². The van der Waals surface area contributed by atoms with Gasteiger partial charge in [-0.15, -0.1) is 0 Å². The van der Waals surface area contributed by atoms with Crippen LogP contribution in [-0.2, 0) is 19.1 Å². The van der Waals surface area contributed by atoms with E-state index < -0.39 is 0 Å². The van der Waals surface area contributed by atoms with Gasteiger partial charge in [0.1, 0.15) is 0 Å². The van der Waals surface area contributed by atoms with Crippen molar-refractivity contribution in [2.24, 2.45) is 0 Å². The highest BCUT2D eigenvalue weighted by Gasteiger charge is 2.22. The summed E-state index contributed by atoms with van der Waals surface area (Å²) in [5, 5.41) is 1.05. The first-order valence-electron chi connectivity index (χ1n) is 8.10. The van der Waals surface area contributed by atoms with Gasteiger partial charge in [-0.3, -0.25) is 9.59 Å². The van der Waals surface area contributed by atoms with Gasteiger partial charge < -0.3 is 14.4 Å². The zero-order valence-electron chi connectivity index (χ0n) is 14.0. The first-order valence-corrected chi connectivity index (χ1v) is 8.85. The number of hydrogen-bond acceptors (Lipinski definition) is 4. The van der Waals surface area contributed by atoms with Crippen LogP contribution < -0.4 is 0 Å². The average molecular weight is 386 g/mol. The van der Waals surface area contributed by atoms with Crippen molar-refractivity contribution in [3.8, 4) is 0 Å². The largest absolute Gasteiger partial charge is 0.469 e. The fourth-order valence-electron chi connectivity index (χ4n) is 2.56. The van der Waals surface area contributed by atoms with Crippen molar-refractivity contribution in [3.63, 3.8) is 0 Å². The molecule has 1 amide bonds. The first-order chi connectivity index (χ1) is 12.0. The Bertz CT molecular complexity index is 642. The lowest BCUT2D eigenvalue weighted by molar-refractivity contribution is -0.141. The molecule has 25 heavy (non-hydrogen) atoms. The lowest BCUT2D eigenvalue weighted by Gasteiger charge is -2.24. The summed E-state index contributed by atoms with van der Waals surface area (Å²) in [4.78, 5) is 25.6. The third kappa shape index (κ3) is 6.34. The number of carbonyl (C=O) groups excluding carboxylic acids is 2. The summed E-state index contributed by atoms with van der Waals surface area (Å²) >= 11 is 12.1. The summed E-state index contributed by atoms with van der Waals surface area (Å²) in [5.41, 5.74) is 0.660. The van der Waals surface area contributed by atoms with Crippen molar-refractivity contribution in [2.75, 3.05) is 26.8 Å². The van der Waals surface area contributed by atoms with Crippen LogP contribution in [0, 0.1) is 0 Å². The molecule has 136 valence electrons. The minimum Gasteiger partial charge on any atom is -0.469 e. The molecule has 7 heteroatoms. The summed E-state index contributed by atoms with van der Waals surface area (Å²) in [7, 11) is 1.33. The third-order valence-electron chi connectivity index (χ3n) is 3.94. The van der Waals surface area contributed by atoms with Crippen molar-refractivity contribution in [2.45, 2.75) is 25.4 Å². The molecule has 0 N–H and O–H groups in total. The Balaban J connectivity index is 2.05. The fourth-order valence-corrected chi connectivity index (χ4v) is 2.92. The second-order valence-electron chi connectivity index (χ2n) is 5.74. The molecular weight excluding hydrogens is 365 g/mol. The van der Waals surface area contributed by atoms with E-state index in [-0.39, 0.29) is 30.9 Å². The number of hydrogen-bond donors (Lipinski definition) is 0. The number of ether oxygens (including phenoxy) is 2. The number of rotatable bonds is 7. The minimum absolute atomic E-state index is 0.00440. The summed E-state index contributed by atoms with van der Waals surface area (Å²) in [6, 6.07) is 5.05. The van der Waals surface area contributed by atoms with E-state index in [9.17, 15) is 9.59 Å². The maximum Gasteiger partial charge on any atom is 0.307 e. The molecule has 1 aliphatic heterocycles. The normalized spacial score (nSPS) is 17.0. The monoisotopic (exact) mass is 385 g/mol. The first kappa shape index (κ1) is 19.8. The molecule has 1 saturated heterocycles. The molecule has 1 fully saturated rings. The van der Waals surface area contributed by atoms with E-state index >= 15 is 0 Å². The number of halogens is 2. The van der Waals surface area contributed by atoms with E-state index in [1.165, 1.54) is 13.2 Å². The number of nitrogens with zero attached hydrogens (tertiary/aromatic N) is 1. The van der Waals surface area contributed by atoms with Gasteiger partial charge in [-0.1, -0.05) is 23.2 Å². The molecule has 1 aliphatic rings. The third-order valence-corrected chi connectivity index (χ3v) is 4.52. The zero-order valence-corrected chi connectivity index (χ0v) is 15.6. The van der Waals surface area contributed by atoms with Crippen LogP contribution in [0.5, 0.6) is 0 Å². The standard InChI is InChI=1S/C18H21Cl2NO4/c1-24-18(23)8-9-21(12-15-3-2-10-25-15)17(22)7-4-13-11-14(19)5-6-16(13)20/h4-7,11,15H,2-3,8-10,12H2,1H3/b7-4+. The van der Waals surface area contributed by atoms with Crippen LogP contribution in [0.2, 0.25) is 10.0 Å². The van der Waals surface area contributed by atoms with E-state index in [0.717, 1.165) is 12.8 Å². The Morgan fingerprint density at radius 2 is 2.20 bits per heavy atom. The Labute approximate surface area is 157 Å². The quantitative estimate of drug-likeness (QED) is 0.531. The van der Waals surface area contributed by atoms with Crippen LogP contribution in [0.25, 0.3) is 6.08 Å². The van der Waals surface area contributed by atoms with Crippen LogP contribution in [0.1, 0.15) is 24.8 Å². The Hall–Kier alpha value is -1.56. The van der Waals surface area contributed by atoms with Crippen molar-refractivity contribution < 1.29 is 19.1 Å². The van der Waals surface area contributed by atoms with Gasteiger partial charge in [-0.2, -0.15) is 0 Å². The number of esters is 1. The Morgan fingerprint density at radius 3 is 2.88 bits per heavy atom. The van der Waals surface area contributed by atoms with E-state index in [2.05, 4.69) is 4.74 Å². The second kappa shape index (κ2) is 9.80. The topological polar surface area (TPSA) is 55.8 Å². The Morgan fingerprint density at radius 1 is 1.40 bits per heavy atom. The average Bonchev–Trinajstić information content (AvgIpc) is 3.11. The Kier molecular flexibility index (Phi) is 7.75. The molecule has 1 aromatic rings. The van der Waals surface area contributed by atoms with Gasteiger partial charge >= 0.3 is 5.97 Å². The summed E-state index contributed by atoms with van der Waals surface area (Å²) < 4.78 is 10.2. The zero-order chi connectivity index (χ0) is 18.2. The van der Waals surface area contributed by atoms with Crippen molar-refractivity contribution >= 4 is 41.2 Å². The van der Waals surface area contributed by atoms with Crippen molar-refractivity contribution in [3.05, 3.63) is 39.9 Å². The molecule has 0 spiro atoms. The van der Waals surface area contributed by atoms with E-state index in [0.29, 0.717) is 28.8 Å². The van der Waals surface area contributed by atoms with Gasteiger partial charge in [-0.25, -0.2) is 0 Å². The summed E-state index contributed by atoms with van der Waals surface area (Å²) in [6.45, 7) is 1.43. The SMILES string of the molecule is COC(=O)CCN(CC1CCCO1)C(=O)/C=C/c1cc(Cl)ccc1Cl. The van der Waals surface area contributed by atoms with E-state index in [1.807, 2.05) is 0 Å². The van der Waals surface area contributed by atoms with Crippen molar-refractivity contribution in [1.82, 2.24) is 4.90 Å². The van der Waals surface area contributed by atoms with Gasteiger partial charge in [0.25, 0.3) is 0 Å². The van der Waals surface area contributed by atoms with Crippen molar-refractivity contribution in [1.29, 1.82) is 0 Å². The number of methoxy groups -OCH3 is 1. The maximum atomic E-state index is 12.6. The summed E-state index contributed by atoms with van der Waals surface area (Å²) in [6.07, 6.45) is 5.09. The molecule has 5 nitrogen and oxygen atoms in total. The van der Waals surface area contributed by atoms with Gasteiger partial charge in [0.2, 0.25) is 5.91 Å². The lowest BCUT2D eigenvalue weighted by Crippen LogP contribution is -2.37. The highest BCUT2D eigenvalue weighted by molar-refractivity contribution is 6.34. The molecule has 1 atom stereocenters. The van der Waals surface area contributed by atoms with E-state index in [1.54, 1.807) is 29.2 Å². The van der Waals surface area contributed by atoms with Crippen LogP contribution in [0.3, 0.4) is 0 Å². The van der Waals surface area contributed by atoms with Crippen LogP contribution in [0.4, 0.5) is 0 Å². The van der Waals surface area contributed by atoms with Gasteiger partial charge in [-0.05, 0) is 42.7 Å². The smallest absolute Gasteiger partial charge is 0.307 e. The number of carbonyl (C=O) groups is 2. The molecule has 1 aromatic carbocycles. The van der Waals surface area contributed by atoms with E-state index in [4.69, 9.17) is 27.9 Å². The predicted molar refractivity (Wildman–Crippen MR) is 97.7 cm³/mol. The minimum atomic E-state index is -0.355. The number of amides is 1. The fraction of sp³-hybridized carbons (Fsp3) is 0.444. The highest BCUT2D eigenvalue weighted by atomic mass is 35.5. The molecular formula is C18H21Cl2NO4. The highest BCUT2D eigenvalue weighted by Crippen LogP contribution is 2.22. The predicted octanol–water partition coefficient (Wildman–Crippen LogP) is 3.58. The molecule has 2 rings (SSSR count). The van der Waals surface area contributed by atoms with Crippen LogP contribution in [-0.4, -0.2) is 49.7 Å². The molecule has 1 unspecified atom stereocenters. The molecule has 0 aliphatic carbocycles. The molecule has 0 aromatic heterocycles. The molecule has 0 saturated carbocycles. The molecule has 0 radical (unpaired) electrons. The molecule has 0 bridgehead atoms. The van der Waals surface area contributed by atoms with Crippen LogP contribution in [0.15, 0.2) is 24.3 Å². The number of benzene rings is 1. The summed E-state index contributed by atoms with van der Waals surface area (Å²) in [5.74, 6) is -0.567. The molecule has 1 heterocycles.